The number of nitrogens with zero attached hydrogens (tertiary/aromatic N) is 2. The minimum Gasteiger partial charge on any atom is -0.481 e. The van der Waals surface area contributed by atoms with Gasteiger partial charge in [0, 0.05) is 24.0 Å². The van der Waals surface area contributed by atoms with Crippen molar-refractivity contribution in [3.8, 4) is 5.88 Å². The van der Waals surface area contributed by atoms with Crippen LogP contribution < -0.4 is 10.1 Å². The number of thiazole rings is 1. The Balaban J connectivity index is 1.90. The summed E-state index contributed by atoms with van der Waals surface area (Å²) in [6.07, 6.45) is 0. The number of aromatic nitrogens is 2. The van der Waals surface area contributed by atoms with E-state index in [2.05, 4.69) is 22.2 Å². The van der Waals surface area contributed by atoms with E-state index in [1.807, 2.05) is 25.1 Å². The van der Waals surface area contributed by atoms with Crippen LogP contribution in [0.4, 0.5) is 0 Å². The average Bonchev–Trinajstić information content (AvgIpc) is 2.68. The van der Waals surface area contributed by atoms with Crippen molar-refractivity contribution in [1.29, 1.82) is 0 Å². The molecule has 0 aliphatic rings. The van der Waals surface area contributed by atoms with Gasteiger partial charge in [-0.15, -0.1) is 11.3 Å². The fraction of sp³-hybridized carbons (Fsp3) is 0.385. The Hall–Kier alpha value is -1.46. The van der Waals surface area contributed by atoms with E-state index < -0.39 is 0 Å². The molecule has 2 aromatic rings. The maximum atomic E-state index is 5.09. The predicted molar refractivity (Wildman–Crippen MR) is 72.9 cm³/mol. The van der Waals surface area contributed by atoms with Gasteiger partial charge in [-0.3, -0.25) is 0 Å². The molecule has 96 valence electrons. The molecular formula is C13H17N3OS. The Bertz CT molecular complexity index is 525. The van der Waals surface area contributed by atoms with E-state index in [4.69, 9.17) is 4.74 Å². The highest BCUT2D eigenvalue weighted by atomic mass is 32.1. The normalized spacial score (nSPS) is 10.6. The molecule has 0 bridgehead atoms. The molecule has 18 heavy (non-hydrogen) atoms. The first-order chi connectivity index (χ1) is 8.69. The van der Waals surface area contributed by atoms with Gasteiger partial charge in [0.1, 0.15) is 0 Å². The zero-order chi connectivity index (χ0) is 13.0. The Labute approximate surface area is 111 Å². The van der Waals surface area contributed by atoms with Gasteiger partial charge in [-0.1, -0.05) is 6.07 Å². The molecule has 4 nitrogen and oxygen atoms in total. The summed E-state index contributed by atoms with van der Waals surface area (Å²) >= 11 is 1.73. The molecule has 0 amide bonds. The first kappa shape index (κ1) is 13.0. The lowest BCUT2D eigenvalue weighted by Gasteiger charge is -2.05. The second kappa shape index (κ2) is 5.93. The first-order valence-corrected chi connectivity index (χ1v) is 6.64. The van der Waals surface area contributed by atoms with E-state index in [9.17, 15) is 0 Å². The van der Waals surface area contributed by atoms with Gasteiger partial charge in [-0.25, -0.2) is 9.97 Å². The van der Waals surface area contributed by atoms with E-state index in [0.29, 0.717) is 12.4 Å². The average molecular weight is 263 g/mol. The number of hydrogen-bond acceptors (Lipinski definition) is 5. The zero-order valence-electron chi connectivity index (χ0n) is 10.9. The van der Waals surface area contributed by atoms with E-state index in [0.717, 1.165) is 22.9 Å². The van der Waals surface area contributed by atoms with Gasteiger partial charge < -0.3 is 10.1 Å². The van der Waals surface area contributed by atoms with Crippen LogP contribution in [0.3, 0.4) is 0 Å². The maximum Gasteiger partial charge on any atom is 0.213 e. The second-order valence-electron chi connectivity index (χ2n) is 4.01. The van der Waals surface area contributed by atoms with Gasteiger partial charge in [0.15, 0.2) is 0 Å². The fourth-order valence-corrected chi connectivity index (χ4v) is 2.55. The van der Waals surface area contributed by atoms with Crippen LogP contribution in [0.1, 0.15) is 21.3 Å². The molecule has 2 rings (SSSR count). The Kier molecular flexibility index (Phi) is 4.28. The lowest BCUT2D eigenvalue weighted by molar-refractivity contribution is 0.395. The van der Waals surface area contributed by atoms with Gasteiger partial charge in [0.2, 0.25) is 5.88 Å². The zero-order valence-corrected chi connectivity index (χ0v) is 11.7. The van der Waals surface area contributed by atoms with Crippen molar-refractivity contribution >= 4 is 11.3 Å². The van der Waals surface area contributed by atoms with Crippen LogP contribution in [0, 0.1) is 13.8 Å². The number of nitrogens with one attached hydrogen (secondary N) is 1. The standard InChI is InChI=1S/C13H17N3OS/c1-9-12(15-10(2)18-9)8-14-7-11-5-4-6-13(16-11)17-3/h4-6,14H,7-8H2,1-3H3. The number of pyridine rings is 1. The second-order valence-corrected chi connectivity index (χ2v) is 5.42. The molecule has 0 atom stereocenters. The summed E-state index contributed by atoms with van der Waals surface area (Å²) in [6, 6.07) is 5.77. The lowest BCUT2D eigenvalue weighted by Crippen LogP contribution is -2.14. The SMILES string of the molecule is COc1cccc(CNCc2nc(C)sc2C)n1. The van der Waals surface area contributed by atoms with E-state index in [1.165, 1.54) is 4.88 Å². The van der Waals surface area contributed by atoms with E-state index >= 15 is 0 Å². The summed E-state index contributed by atoms with van der Waals surface area (Å²) in [5.41, 5.74) is 2.10. The number of aryl methyl sites for hydroxylation is 2. The highest BCUT2D eigenvalue weighted by molar-refractivity contribution is 7.11. The summed E-state index contributed by atoms with van der Waals surface area (Å²) in [7, 11) is 1.63. The maximum absolute atomic E-state index is 5.09. The Morgan fingerprint density at radius 3 is 2.72 bits per heavy atom. The summed E-state index contributed by atoms with van der Waals surface area (Å²) in [5, 5.41) is 4.46. The summed E-state index contributed by atoms with van der Waals surface area (Å²) in [4.78, 5) is 10.1. The predicted octanol–water partition coefficient (Wildman–Crippen LogP) is 2.45. The van der Waals surface area contributed by atoms with Crippen molar-refractivity contribution in [2.45, 2.75) is 26.9 Å². The van der Waals surface area contributed by atoms with Crippen molar-refractivity contribution < 1.29 is 4.74 Å². The molecule has 5 heteroatoms. The third-order valence-corrected chi connectivity index (χ3v) is 3.52. The summed E-state index contributed by atoms with van der Waals surface area (Å²) < 4.78 is 5.09. The fourth-order valence-electron chi connectivity index (χ4n) is 1.71. The number of hydrogen-bond donors (Lipinski definition) is 1. The summed E-state index contributed by atoms with van der Waals surface area (Å²) in [6.45, 7) is 5.62. The van der Waals surface area contributed by atoms with Gasteiger partial charge in [-0.05, 0) is 19.9 Å². The smallest absolute Gasteiger partial charge is 0.213 e. The van der Waals surface area contributed by atoms with Crippen LogP contribution >= 0.6 is 11.3 Å². The van der Waals surface area contributed by atoms with Crippen molar-refractivity contribution in [2.24, 2.45) is 0 Å². The van der Waals surface area contributed by atoms with Crippen LogP contribution in [-0.2, 0) is 13.1 Å². The van der Waals surface area contributed by atoms with E-state index in [-0.39, 0.29) is 0 Å². The monoisotopic (exact) mass is 263 g/mol. The molecule has 0 aliphatic heterocycles. The quantitative estimate of drug-likeness (QED) is 0.900. The molecule has 1 N–H and O–H groups in total. The topological polar surface area (TPSA) is 47.0 Å². The van der Waals surface area contributed by atoms with Gasteiger partial charge in [0.25, 0.3) is 0 Å². The Morgan fingerprint density at radius 2 is 2.06 bits per heavy atom. The lowest BCUT2D eigenvalue weighted by atomic mass is 10.3. The van der Waals surface area contributed by atoms with Crippen LogP contribution in [0.2, 0.25) is 0 Å². The highest BCUT2D eigenvalue weighted by Gasteiger charge is 2.04. The van der Waals surface area contributed by atoms with Gasteiger partial charge >= 0.3 is 0 Å². The molecule has 0 saturated carbocycles. The number of methoxy groups -OCH3 is 1. The third kappa shape index (κ3) is 3.27. The minimum absolute atomic E-state index is 0.648. The number of rotatable bonds is 5. The van der Waals surface area contributed by atoms with Crippen molar-refractivity contribution in [1.82, 2.24) is 15.3 Å². The molecule has 0 aromatic carbocycles. The molecule has 2 heterocycles. The molecule has 0 spiro atoms. The van der Waals surface area contributed by atoms with Crippen LogP contribution in [0.15, 0.2) is 18.2 Å². The molecule has 0 radical (unpaired) electrons. The minimum atomic E-state index is 0.648. The first-order valence-electron chi connectivity index (χ1n) is 5.82. The van der Waals surface area contributed by atoms with Crippen LogP contribution in [-0.4, -0.2) is 17.1 Å². The molecule has 0 saturated heterocycles. The molecule has 0 unspecified atom stereocenters. The summed E-state index contributed by atoms with van der Waals surface area (Å²) in [5.74, 6) is 0.648. The van der Waals surface area contributed by atoms with Crippen molar-refractivity contribution in [2.75, 3.05) is 7.11 Å². The number of ether oxygens (including phenoxy) is 1. The molecule has 2 aromatic heterocycles. The van der Waals surface area contributed by atoms with Gasteiger partial charge in [-0.2, -0.15) is 0 Å². The highest BCUT2D eigenvalue weighted by Crippen LogP contribution is 2.16. The van der Waals surface area contributed by atoms with Crippen LogP contribution in [0.5, 0.6) is 5.88 Å². The van der Waals surface area contributed by atoms with Gasteiger partial charge in [0.05, 0.1) is 23.5 Å². The largest absolute Gasteiger partial charge is 0.481 e. The molecule has 0 aliphatic carbocycles. The Morgan fingerprint density at radius 1 is 1.22 bits per heavy atom. The van der Waals surface area contributed by atoms with E-state index in [1.54, 1.807) is 18.4 Å². The molecule has 0 fully saturated rings. The third-order valence-electron chi connectivity index (χ3n) is 2.59. The van der Waals surface area contributed by atoms with Crippen molar-refractivity contribution in [3.05, 3.63) is 39.5 Å². The molecular weight excluding hydrogens is 246 g/mol. The van der Waals surface area contributed by atoms with Crippen LogP contribution in [0.25, 0.3) is 0 Å². The van der Waals surface area contributed by atoms with Crippen molar-refractivity contribution in [3.63, 3.8) is 0 Å².